The number of nitrogens with zero attached hydrogens (tertiary/aromatic N) is 5. The van der Waals surface area contributed by atoms with Crippen molar-refractivity contribution in [3.63, 3.8) is 0 Å². The molecule has 7 heteroatoms. The first-order chi connectivity index (χ1) is 37.7. The lowest BCUT2D eigenvalue weighted by atomic mass is 9.89. The molecular formula is C71H61N5O2. The predicted molar refractivity (Wildman–Crippen MR) is 322 cm³/mol. The predicted octanol–water partition coefficient (Wildman–Crippen LogP) is 15.9. The second-order valence-electron chi connectivity index (χ2n) is 22.9. The fourth-order valence-electron chi connectivity index (χ4n) is 11.2. The average molecular weight is 1020 g/mol. The van der Waals surface area contributed by atoms with Crippen LogP contribution in [0, 0.1) is 0 Å². The van der Waals surface area contributed by atoms with Gasteiger partial charge in [-0.15, -0.1) is 0 Å². The zero-order valence-electron chi connectivity index (χ0n) is 45.1. The summed E-state index contributed by atoms with van der Waals surface area (Å²) in [4.78, 5) is 39.5. The molecule has 0 spiro atoms. The highest BCUT2D eigenvalue weighted by Gasteiger charge is 2.21. The Bertz CT molecular complexity index is 4200. The summed E-state index contributed by atoms with van der Waals surface area (Å²) in [5.41, 5.74) is 18.7. The van der Waals surface area contributed by atoms with Crippen LogP contribution in [0.4, 0.5) is 0 Å². The van der Waals surface area contributed by atoms with E-state index in [1.54, 1.807) is 12.1 Å². The number of pyridine rings is 3. The molecule has 78 heavy (non-hydrogen) atoms. The van der Waals surface area contributed by atoms with Crippen molar-refractivity contribution in [2.45, 2.75) is 78.1 Å². The molecule has 5 aromatic heterocycles. The normalized spacial score (nSPS) is 12.0. The van der Waals surface area contributed by atoms with Crippen molar-refractivity contribution in [3.8, 4) is 55.8 Å². The summed E-state index contributed by atoms with van der Waals surface area (Å²) in [6.07, 6.45) is 9.38. The van der Waals surface area contributed by atoms with Gasteiger partial charge in [0.05, 0.1) is 5.69 Å². The van der Waals surface area contributed by atoms with Gasteiger partial charge in [-0.3, -0.25) is 14.6 Å². The summed E-state index contributed by atoms with van der Waals surface area (Å²) in [6.45, 7) is 12.7. The number of fused-ring (bicyclic) bond motifs is 6. The van der Waals surface area contributed by atoms with E-state index in [4.69, 9.17) is 4.98 Å². The Hall–Kier alpha value is -9.07. The fourth-order valence-corrected chi connectivity index (χ4v) is 11.2. The van der Waals surface area contributed by atoms with E-state index in [1.807, 2.05) is 12.3 Å². The molecule has 0 N–H and O–H groups in total. The first kappa shape index (κ1) is 49.8. The van der Waals surface area contributed by atoms with Crippen LogP contribution < -0.4 is 11.1 Å². The van der Waals surface area contributed by atoms with Crippen LogP contribution in [-0.2, 0) is 36.5 Å². The van der Waals surface area contributed by atoms with Gasteiger partial charge in [0.25, 0.3) is 11.1 Å². The van der Waals surface area contributed by atoms with E-state index in [-0.39, 0.29) is 21.9 Å². The highest BCUT2D eigenvalue weighted by molar-refractivity contribution is 5.95. The van der Waals surface area contributed by atoms with Crippen molar-refractivity contribution in [3.05, 3.63) is 267 Å². The van der Waals surface area contributed by atoms with Gasteiger partial charge in [-0.2, -0.15) is 9.97 Å². The summed E-state index contributed by atoms with van der Waals surface area (Å²) < 4.78 is 4.13. The van der Waals surface area contributed by atoms with E-state index in [1.165, 1.54) is 50.1 Å². The molecule has 0 amide bonds. The molecule has 12 rings (SSSR count). The highest BCUT2D eigenvalue weighted by atomic mass is 16.1. The standard InChI is InChI=1S/C71H61N5O2/c1-70(2,3)64-44-66(77)73-68-61-30-20-46(39-56(61)33-36-75(64)68)16-18-48-38-49(19-17-47-21-31-62-57(40-47)34-37-76-65(71(4,5)6)45-67(78)74-69(62)76)42-58(41-48)60-15-11-10-14-59(60)53-26-28-54(29-27-53)63-43-55(32-35-72-63)52-24-22-51(23-25-52)50-12-8-7-9-13-50/h7-15,20-45H,16-19H2,1-6H3. The molecule has 0 radical (unpaired) electrons. The van der Waals surface area contributed by atoms with E-state index in [2.05, 4.69) is 249 Å². The first-order valence-electron chi connectivity index (χ1n) is 27.0. The molecule has 12 aromatic rings. The van der Waals surface area contributed by atoms with Gasteiger partial charge < -0.3 is 8.80 Å². The smallest absolute Gasteiger partial charge is 0.273 e. The van der Waals surface area contributed by atoms with Crippen molar-refractivity contribution in [1.82, 2.24) is 23.8 Å². The van der Waals surface area contributed by atoms with Crippen LogP contribution in [0.1, 0.15) is 75.2 Å². The molecule has 382 valence electrons. The van der Waals surface area contributed by atoms with Crippen LogP contribution in [0.3, 0.4) is 0 Å². The average Bonchev–Trinajstić information content (AvgIpc) is 3.53. The van der Waals surface area contributed by atoms with Crippen molar-refractivity contribution >= 4 is 32.8 Å². The van der Waals surface area contributed by atoms with Crippen LogP contribution >= 0.6 is 0 Å². The molecule has 7 aromatic carbocycles. The third-order valence-corrected chi connectivity index (χ3v) is 15.3. The number of hydrogen-bond donors (Lipinski definition) is 0. The summed E-state index contributed by atoms with van der Waals surface area (Å²) in [7, 11) is 0. The number of hydrogen-bond acceptors (Lipinski definition) is 5. The minimum atomic E-state index is -0.220. The molecule has 0 bridgehead atoms. The van der Waals surface area contributed by atoms with Crippen LogP contribution in [-0.4, -0.2) is 23.8 Å². The van der Waals surface area contributed by atoms with Gasteiger partial charge in [-0.1, -0.05) is 199 Å². The van der Waals surface area contributed by atoms with Crippen LogP contribution in [0.25, 0.3) is 88.6 Å². The molecule has 0 aliphatic heterocycles. The van der Waals surface area contributed by atoms with Gasteiger partial charge in [-0.05, 0) is 127 Å². The van der Waals surface area contributed by atoms with E-state index >= 15 is 0 Å². The SMILES string of the molecule is CC(C)(C)c1cc(=O)nc2c3ccc(CCc4cc(CCc5ccc6c(ccn7c(C(C)(C)C)cc(=O)nc67)c5)cc(-c5ccccc5-c5ccc(-c6cc(-c7ccc(-c8ccccc8)cc7)ccn6)cc5)c4)cc3ccn12. The second kappa shape index (κ2) is 20.1. The molecule has 0 aliphatic carbocycles. The van der Waals surface area contributed by atoms with Crippen molar-refractivity contribution in [1.29, 1.82) is 0 Å². The number of aryl methyl sites for hydroxylation is 4. The summed E-state index contributed by atoms with van der Waals surface area (Å²) in [5.74, 6) is 0. The van der Waals surface area contributed by atoms with E-state index < -0.39 is 0 Å². The quantitative estimate of drug-likeness (QED) is 0.121. The van der Waals surface area contributed by atoms with E-state index in [9.17, 15) is 9.59 Å². The lowest BCUT2D eigenvalue weighted by Crippen LogP contribution is -2.22. The lowest BCUT2D eigenvalue weighted by Gasteiger charge is -2.22. The maximum absolute atomic E-state index is 12.9. The van der Waals surface area contributed by atoms with Gasteiger partial charge in [0.1, 0.15) is 11.3 Å². The van der Waals surface area contributed by atoms with Gasteiger partial charge >= 0.3 is 0 Å². The van der Waals surface area contributed by atoms with Crippen LogP contribution in [0.5, 0.6) is 0 Å². The lowest BCUT2D eigenvalue weighted by molar-refractivity contribution is 0.557. The van der Waals surface area contributed by atoms with Gasteiger partial charge in [0.2, 0.25) is 0 Å². The summed E-state index contributed by atoms with van der Waals surface area (Å²) >= 11 is 0. The molecule has 0 atom stereocenters. The highest BCUT2D eigenvalue weighted by Crippen LogP contribution is 2.36. The molecule has 5 heterocycles. The van der Waals surface area contributed by atoms with E-state index in [0.29, 0.717) is 11.3 Å². The van der Waals surface area contributed by atoms with Crippen LogP contribution in [0.15, 0.2) is 222 Å². The minimum absolute atomic E-state index is 0.217. The monoisotopic (exact) mass is 1020 g/mol. The molecule has 0 unspecified atom stereocenters. The maximum atomic E-state index is 12.9. The molecule has 0 aliphatic rings. The zero-order valence-corrected chi connectivity index (χ0v) is 45.1. The summed E-state index contributed by atoms with van der Waals surface area (Å²) in [6, 6.07) is 68.9. The Balaban J connectivity index is 0.857. The third kappa shape index (κ3) is 10.1. The Kier molecular flexibility index (Phi) is 12.9. The fraction of sp³-hybridized carbons (Fsp3) is 0.169. The molecule has 0 saturated carbocycles. The van der Waals surface area contributed by atoms with E-state index in [0.717, 1.165) is 86.6 Å². The number of rotatable bonds is 11. The Morgan fingerprint density at radius 1 is 0.372 bits per heavy atom. The molecular weight excluding hydrogens is 955 g/mol. The molecule has 0 fully saturated rings. The van der Waals surface area contributed by atoms with Gasteiger partial charge in [-0.25, -0.2) is 0 Å². The third-order valence-electron chi connectivity index (χ3n) is 15.3. The van der Waals surface area contributed by atoms with Crippen molar-refractivity contribution < 1.29 is 0 Å². The molecule has 0 saturated heterocycles. The topological polar surface area (TPSA) is 81.6 Å². The zero-order chi connectivity index (χ0) is 53.7. The second-order valence-corrected chi connectivity index (χ2v) is 22.9. The Morgan fingerprint density at radius 2 is 0.821 bits per heavy atom. The minimum Gasteiger partial charge on any atom is -0.304 e. The first-order valence-corrected chi connectivity index (χ1v) is 27.0. The van der Waals surface area contributed by atoms with Gasteiger partial charge in [0.15, 0.2) is 0 Å². The van der Waals surface area contributed by atoms with Crippen molar-refractivity contribution in [2.75, 3.05) is 0 Å². The Morgan fingerprint density at radius 3 is 1.35 bits per heavy atom. The van der Waals surface area contributed by atoms with Crippen LogP contribution in [0.2, 0.25) is 0 Å². The molecule has 7 nitrogen and oxygen atoms in total. The van der Waals surface area contributed by atoms with Crippen molar-refractivity contribution in [2.24, 2.45) is 0 Å². The summed E-state index contributed by atoms with van der Waals surface area (Å²) in [5, 5.41) is 4.07. The Labute approximate surface area is 455 Å². The number of benzene rings is 7. The number of aromatic nitrogens is 5. The maximum Gasteiger partial charge on any atom is 0.273 e. The largest absolute Gasteiger partial charge is 0.304 e. The van der Waals surface area contributed by atoms with Gasteiger partial charge in [0, 0.05) is 69.3 Å².